The summed E-state index contributed by atoms with van der Waals surface area (Å²) in [6.45, 7) is 5.95. The summed E-state index contributed by atoms with van der Waals surface area (Å²) in [5.41, 5.74) is 0. The first-order chi connectivity index (χ1) is 7.26. The van der Waals surface area contributed by atoms with Crippen molar-refractivity contribution in [1.29, 1.82) is 0 Å². The molecule has 4 nitrogen and oxygen atoms in total. The lowest BCUT2D eigenvalue weighted by Crippen LogP contribution is -2.39. The van der Waals surface area contributed by atoms with Crippen LogP contribution in [0.3, 0.4) is 0 Å². The van der Waals surface area contributed by atoms with E-state index >= 15 is 0 Å². The van der Waals surface area contributed by atoms with Crippen LogP contribution in [0.15, 0.2) is 0 Å². The fourth-order valence-electron chi connectivity index (χ4n) is 1.95. The van der Waals surface area contributed by atoms with Crippen LogP contribution in [0, 0.1) is 0 Å². The minimum absolute atomic E-state index is 0.361. The highest BCUT2D eigenvalue weighted by molar-refractivity contribution is 4.71. The summed E-state index contributed by atoms with van der Waals surface area (Å²) in [4.78, 5) is 2.22. The van der Waals surface area contributed by atoms with Crippen molar-refractivity contribution >= 4 is 0 Å². The summed E-state index contributed by atoms with van der Waals surface area (Å²) in [7, 11) is 1.61. The smallest absolute Gasteiger partial charge is 0.0900 e. The molecule has 2 unspecified atom stereocenters. The molecule has 15 heavy (non-hydrogen) atoms. The van der Waals surface area contributed by atoms with Crippen molar-refractivity contribution in [3.8, 4) is 0 Å². The Balaban J connectivity index is 2.21. The van der Waals surface area contributed by atoms with E-state index < -0.39 is 6.10 Å². The van der Waals surface area contributed by atoms with Crippen molar-refractivity contribution in [3.05, 3.63) is 0 Å². The Kier molecular flexibility index (Phi) is 6.17. The molecule has 1 heterocycles. The molecule has 0 bridgehead atoms. The Morgan fingerprint density at radius 3 is 2.93 bits per heavy atom. The van der Waals surface area contributed by atoms with E-state index in [1.165, 1.54) is 6.42 Å². The molecule has 2 atom stereocenters. The molecule has 0 spiro atoms. The third kappa shape index (κ3) is 4.93. The van der Waals surface area contributed by atoms with Crippen molar-refractivity contribution in [2.45, 2.75) is 32.0 Å². The van der Waals surface area contributed by atoms with Crippen molar-refractivity contribution in [2.75, 3.05) is 40.0 Å². The Morgan fingerprint density at radius 1 is 1.60 bits per heavy atom. The highest BCUT2D eigenvalue weighted by atomic mass is 16.5. The maximum atomic E-state index is 9.62. The lowest BCUT2D eigenvalue weighted by Gasteiger charge is -2.25. The molecule has 0 amide bonds. The number of aliphatic hydroxyl groups excluding tert-OH is 1. The fraction of sp³-hybridized carbons (Fsp3) is 1.00. The van der Waals surface area contributed by atoms with Crippen molar-refractivity contribution in [1.82, 2.24) is 4.90 Å². The molecular formula is C11H23NO3. The van der Waals surface area contributed by atoms with Crippen molar-refractivity contribution < 1.29 is 14.6 Å². The van der Waals surface area contributed by atoms with E-state index in [9.17, 15) is 5.11 Å². The van der Waals surface area contributed by atoms with Crippen molar-refractivity contribution in [2.24, 2.45) is 0 Å². The average molecular weight is 217 g/mol. The number of aliphatic hydroxyl groups is 1. The van der Waals surface area contributed by atoms with Gasteiger partial charge in [0.1, 0.15) is 0 Å². The molecule has 1 saturated heterocycles. The monoisotopic (exact) mass is 217 g/mol. The number of hydrogen-bond donors (Lipinski definition) is 1. The van der Waals surface area contributed by atoms with E-state index in [4.69, 9.17) is 9.47 Å². The van der Waals surface area contributed by atoms with E-state index in [-0.39, 0.29) is 0 Å². The van der Waals surface area contributed by atoms with Crippen LogP contribution in [-0.4, -0.2) is 62.2 Å². The minimum Gasteiger partial charge on any atom is -0.389 e. The topological polar surface area (TPSA) is 41.9 Å². The Morgan fingerprint density at radius 2 is 2.40 bits per heavy atom. The minimum atomic E-state index is -0.392. The van der Waals surface area contributed by atoms with Gasteiger partial charge in [0.2, 0.25) is 0 Å². The van der Waals surface area contributed by atoms with Gasteiger partial charge in [0, 0.05) is 26.8 Å². The number of methoxy groups -OCH3 is 1. The Hall–Kier alpha value is -0.160. The summed E-state index contributed by atoms with van der Waals surface area (Å²) in [6.07, 6.45) is 2.29. The highest BCUT2D eigenvalue weighted by Crippen LogP contribution is 2.13. The lowest BCUT2D eigenvalue weighted by molar-refractivity contribution is 0.0199. The second kappa shape index (κ2) is 7.17. The summed E-state index contributed by atoms with van der Waals surface area (Å²) < 4.78 is 10.5. The largest absolute Gasteiger partial charge is 0.389 e. The molecule has 1 rings (SSSR count). The van der Waals surface area contributed by atoms with Crippen LogP contribution in [0.25, 0.3) is 0 Å². The molecule has 0 saturated carbocycles. The van der Waals surface area contributed by atoms with Crippen LogP contribution >= 0.6 is 0 Å². The maximum Gasteiger partial charge on any atom is 0.0900 e. The van der Waals surface area contributed by atoms with Gasteiger partial charge in [-0.1, -0.05) is 6.92 Å². The molecule has 0 aromatic rings. The van der Waals surface area contributed by atoms with E-state index in [2.05, 4.69) is 11.8 Å². The van der Waals surface area contributed by atoms with Gasteiger partial charge in [-0.25, -0.2) is 0 Å². The average Bonchev–Trinajstić information content (AvgIpc) is 2.70. The predicted octanol–water partition coefficient (Wildman–Crippen LogP) is 0.495. The lowest BCUT2D eigenvalue weighted by atomic mass is 10.2. The van der Waals surface area contributed by atoms with E-state index in [1.54, 1.807) is 7.11 Å². The third-order valence-corrected chi connectivity index (χ3v) is 2.76. The molecule has 0 aromatic heterocycles. The van der Waals surface area contributed by atoms with Gasteiger partial charge in [-0.05, 0) is 19.4 Å². The van der Waals surface area contributed by atoms with Gasteiger partial charge in [-0.3, -0.25) is 4.90 Å². The zero-order valence-electron chi connectivity index (χ0n) is 9.82. The summed E-state index contributed by atoms with van der Waals surface area (Å²) >= 11 is 0. The molecule has 90 valence electrons. The van der Waals surface area contributed by atoms with E-state index in [1.807, 2.05) is 0 Å². The second-order valence-electron chi connectivity index (χ2n) is 4.10. The van der Waals surface area contributed by atoms with Gasteiger partial charge in [-0.15, -0.1) is 0 Å². The van der Waals surface area contributed by atoms with Crippen LogP contribution in [-0.2, 0) is 9.47 Å². The molecule has 0 aliphatic carbocycles. The quantitative estimate of drug-likeness (QED) is 0.674. The number of hydrogen-bond acceptors (Lipinski definition) is 4. The predicted molar refractivity (Wildman–Crippen MR) is 59.0 cm³/mol. The Bertz CT molecular complexity index is 160. The third-order valence-electron chi connectivity index (χ3n) is 2.76. The summed E-state index contributed by atoms with van der Waals surface area (Å²) in [5, 5.41) is 9.62. The normalized spacial score (nSPS) is 23.6. The molecule has 1 aliphatic rings. The van der Waals surface area contributed by atoms with Gasteiger partial charge in [0.15, 0.2) is 0 Å². The van der Waals surface area contributed by atoms with Gasteiger partial charge in [0.05, 0.1) is 18.8 Å². The molecule has 1 aliphatic heterocycles. The van der Waals surface area contributed by atoms with Crippen LogP contribution in [0.5, 0.6) is 0 Å². The molecule has 4 heteroatoms. The van der Waals surface area contributed by atoms with Gasteiger partial charge in [-0.2, -0.15) is 0 Å². The van der Waals surface area contributed by atoms with E-state index in [0.717, 1.165) is 26.1 Å². The summed E-state index contributed by atoms with van der Waals surface area (Å²) in [6, 6.07) is 0. The van der Waals surface area contributed by atoms with E-state index in [0.29, 0.717) is 19.3 Å². The second-order valence-corrected chi connectivity index (χ2v) is 4.10. The van der Waals surface area contributed by atoms with Gasteiger partial charge >= 0.3 is 0 Å². The number of rotatable bonds is 7. The SMILES string of the molecule is CCN(CC(O)COC)CC1CCCO1. The van der Waals surface area contributed by atoms with Gasteiger partial charge < -0.3 is 14.6 Å². The molecular weight excluding hydrogens is 194 g/mol. The highest BCUT2D eigenvalue weighted by Gasteiger charge is 2.19. The summed E-state index contributed by atoms with van der Waals surface area (Å²) in [5.74, 6) is 0. The van der Waals surface area contributed by atoms with Crippen molar-refractivity contribution in [3.63, 3.8) is 0 Å². The zero-order chi connectivity index (χ0) is 11.1. The molecule has 0 radical (unpaired) electrons. The van der Waals surface area contributed by atoms with Crippen LogP contribution in [0.4, 0.5) is 0 Å². The number of nitrogens with zero attached hydrogens (tertiary/aromatic N) is 1. The van der Waals surface area contributed by atoms with Crippen LogP contribution in [0.1, 0.15) is 19.8 Å². The van der Waals surface area contributed by atoms with Crippen LogP contribution < -0.4 is 0 Å². The standard InChI is InChI=1S/C11H23NO3/c1-3-12(7-10(13)9-14-2)8-11-5-4-6-15-11/h10-11,13H,3-9H2,1-2H3. The number of ether oxygens (including phenoxy) is 2. The van der Waals surface area contributed by atoms with Gasteiger partial charge in [0.25, 0.3) is 0 Å². The zero-order valence-corrected chi connectivity index (χ0v) is 9.82. The fourth-order valence-corrected chi connectivity index (χ4v) is 1.95. The molecule has 1 N–H and O–H groups in total. The Labute approximate surface area is 92.2 Å². The molecule has 1 fully saturated rings. The first-order valence-electron chi connectivity index (χ1n) is 5.77. The van der Waals surface area contributed by atoms with Crippen LogP contribution in [0.2, 0.25) is 0 Å². The first-order valence-corrected chi connectivity index (χ1v) is 5.77. The first kappa shape index (κ1) is 12.9. The number of likely N-dealkylation sites (N-methyl/N-ethyl adjacent to an activating group) is 1. The molecule has 0 aromatic carbocycles. The maximum absolute atomic E-state index is 9.62.